The van der Waals surface area contributed by atoms with Crippen molar-refractivity contribution in [1.82, 2.24) is 0 Å². The molecule has 23 heavy (non-hydrogen) atoms. The molecule has 0 heterocycles. The molecule has 1 unspecified atom stereocenters. The third kappa shape index (κ3) is 3.62. The molecule has 2 rings (SSSR count). The van der Waals surface area contributed by atoms with E-state index in [-0.39, 0.29) is 16.7 Å². The van der Waals surface area contributed by atoms with Gasteiger partial charge < -0.3 is 14.9 Å². The fraction of sp³-hybridized carbons (Fsp3) is 0.250. The minimum atomic E-state index is -4.47. The first-order chi connectivity index (χ1) is 10.8. The summed E-state index contributed by atoms with van der Waals surface area (Å²) in [5, 5.41) is 18.9. The van der Waals surface area contributed by atoms with Crippen molar-refractivity contribution in [3.05, 3.63) is 64.5 Å². The smallest absolute Gasteiger partial charge is 0.416 e. The number of phenols is 1. The van der Waals surface area contributed by atoms with E-state index in [1.807, 2.05) is 0 Å². The first kappa shape index (κ1) is 17.2. The first-order valence-electron chi connectivity index (χ1n) is 6.60. The number of halogens is 4. The van der Waals surface area contributed by atoms with Gasteiger partial charge in [0.2, 0.25) is 0 Å². The number of benzene rings is 2. The van der Waals surface area contributed by atoms with E-state index in [1.165, 1.54) is 13.2 Å². The van der Waals surface area contributed by atoms with Crippen LogP contribution in [-0.4, -0.2) is 17.3 Å². The maximum absolute atomic E-state index is 14.2. The van der Waals surface area contributed by atoms with E-state index in [9.17, 15) is 22.7 Å². The van der Waals surface area contributed by atoms with Gasteiger partial charge in [-0.2, -0.15) is 13.2 Å². The molecular formula is C16H14F4O3. The molecule has 7 heteroatoms. The van der Waals surface area contributed by atoms with Crippen LogP contribution < -0.4 is 0 Å². The van der Waals surface area contributed by atoms with Gasteiger partial charge in [-0.3, -0.25) is 0 Å². The topological polar surface area (TPSA) is 49.7 Å². The molecule has 0 aliphatic rings. The number of hydrogen-bond acceptors (Lipinski definition) is 3. The Morgan fingerprint density at radius 1 is 1.13 bits per heavy atom. The van der Waals surface area contributed by atoms with Crippen molar-refractivity contribution in [3.8, 4) is 5.75 Å². The Hall–Kier alpha value is -2.12. The Balaban J connectivity index is 2.44. The molecule has 0 spiro atoms. The van der Waals surface area contributed by atoms with Crippen molar-refractivity contribution in [1.29, 1.82) is 0 Å². The van der Waals surface area contributed by atoms with Crippen LogP contribution in [0.3, 0.4) is 0 Å². The van der Waals surface area contributed by atoms with E-state index in [4.69, 9.17) is 9.84 Å². The Kier molecular flexibility index (Phi) is 4.91. The molecule has 0 saturated carbocycles. The minimum Gasteiger partial charge on any atom is -0.507 e. The highest BCUT2D eigenvalue weighted by molar-refractivity contribution is 5.43. The predicted octanol–water partition coefficient (Wildman–Crippen LogP) is 3.78. The van der Waals surface area contributed by atoms with Crippen LogP contribution >= 0.6 is 0 Å². The third-order valence-corrected chi connectivity index (χ3v) is 3.39. The lowest BCUT2D eigenvalue weighted by Gasteiger charge is -2.19. The maximum Gasteiger partial charge on any atom is 0.416 e. The van der Waals surface area contributed by atoms with Crippen LogP contribution in [0.15, 0.2) is 36.4 Å². The van der Waals surface area contributed by atoms with Crippen LogP contribution in [0.2, 0.25) is 0 Å². The average molecular weight is 330 g/mol. The molecule has 0 aromatic heterocycles. The number of phenolic OH excluding ortho intramolecular Hbond substituents is 1. The van der Waals surface area contributed by atoms with Crippen LogP contribution in [0.5, 0.6) is 5.75 Å². The monoisotopic (exact) mass is 330 g/mol. The summed E-state index contributed by atoms with van der Waals surface area (Å²) in [4.78, 5) is 0. The van der Waals surface area contributed by atoms with Gasteiger partial charge in [-0.1, -0.05) is 12.1 Å². The van der Waals surface area contributed by atoms with Crippen LogP contribution in [0.1, 0.15) is 28.4 Å². The zero-order valence-corrected chi connectivity index (χ0v) is 12.1. The number of ether oxygens (including phenoxy) is 1. The number of aliphatic hydroxyl groups is 1. The maximum atomic E-state index is 14.2. The molecule has 2 aromatic rings. The van der Waals surface area contributed by atoms with Crippen LogP contribution in [0.4, 0.5) is 17.6 Å². The van der Waals surface area contributed by atoms with Crippen molar-refractivity contribution >= 4 is 0 Å². The average Bonchev–Trinajstić information content (AvgIpc) is 2.50. The molecule has 2 N–H and O–H groups in total. The lowest BCUT2D eigenvalue weighted by Crippen LogP contribution is -2.09. The van der Waals surface area contributed by atoms with Crippen molar-refractivity contribution in [2.24, 2.45) is 0 Å². The second-order valence-corrected chi connectivity index (χ2v) is 4.90. The van der Waals surface area contributed by atoms with E-state index in [1.54, 1.807) is 0 Å². The van der Waals surface area contributed by atoms with Crippen LogP contribution in [0.25, 0.3) is 0 Å². The standard InChI is InChI=1S/C16H14F4O3/c1-23-15(10-2-4-11(5-3-10)16(18,19)20)14-12(17)6-9(8-21)7-13(14)22/h2-7,15,21-22H,8H2,1H3. The summed E-state index contributed by atoms with van der Waals surface area (Å²) in [6.07, 6.45) is -5.55. The van der Waals surface area contributed by atoms with E-state index >= 15 is 0 Å². The predicted molar refractivity (Wildman–Crippen MR) is 74.3 cm³/mol. The minimum absolute atomic E-state index is 0.172. The number of methoxy groups -OCH3 is 1. The van der Waals surface area contributed by atoms with Gasteiger partial charge in [0.05, 0.1) is 17.7 Å². The van der Waals surface area contributed by atoms with Gasteiger partial charge in [-0.05, 0) is 35.4 Å². The van der Waals surface area contributed by atoms with Gasteiger partial charge in [0, 0.05) is 7.11 Å². The Bertz CT molecular complexity index is 658. The molecule has 0 radical (unpaired) electrons. The molecule has 0 aliphatic heterocycles. The SMILES string of the molecule is COC(c1ccc(C(F)(F)F)cc1)c1c(O)cc(CO)cc1F. The Labute approximate surface area is 129 Å². The number of hydrogen-bond donors (Lipinski definition) is 2. The van der Waals surface area contributed by atoms with E-state index in [2.05, 4.69) is 0 Å². The molecule has 0 amide bonds. The summed E-state index contributed by atoms with van der Waals surface area (Å²) in [7, 11) is 1.25. The summed E-state index contributed by atoms with van der Waals surface area (Å²) in [5.74, 6) is -1.26. The lowest BCUT2D eigenvalue weighted by atomic mass is 9.97. The van der Waals surface area contributed by atoms with Gasteiger partial charge in [0.25, 0.3) is 0 Å². The highest BCUT2D eigenvalue weighted by atomic mass is 19.4. The van der Waals surface area contributed by atoms with Crippen LogP contribution in [-0.2, 0) is 17.5 Å². The van der Waals surface area contributed by atoms with E-state index in [0.717, 1.165) is 30.3 Å². The summed E-state index contributed by atoms with van der Waals surface area (Å²) >= 11 is 0. The van der Waals surface area contributed by atoms with Crippen LogP contribution in [0, 0.1) is 5.82 Å². The lowest BCUT2D eigenvalue weighted by molar-refractivity contribution is -0.137. The summed E-state index contributed by atoms with van der Waals surface area (Å²) in [5.41, 5.74) is -0.613. The van der Waals surface area contributed by atoms with Crippen molar-refractivity contribution < 1.29 is 32.5 Å². The highest BCUT2D eigenvalue weighted by Crippen LogP contribution is 2.36. The Morgan fingerprint density at radius 3 is 2.17 bits per heavy atom. The zero-order chi connectivity index (χ0) is 17.2. The second-order valence-electron chi connectivity index (χ2n) is 4.90. The molecule has 3 nitrogen and oxygen atoms in total. The Morgan fingerprint density at radius 2 is 1.74 bits per heavy atom. The molecule has 0 fully saturated rings. The van der Waals surface area contributed by atoms with Crippen molar-refractivity contribution in [2.45, 2.75) is 18.9 Å². The fourth-order valence-electron chi connectivity index (χ4n) is 2.28. The third-order valence-electron chi connectivity index (χ3n) is 3.39. The zero-order valence-electron chi connectivity index (χ0n) is 12.1. The van der Waals surface area contributed by atoms with Gasteiger partial charge in [0.15, 0.2) is 0 Å². The first-order valence-corrected chi connectivity index (χ1v) is 6.60. The van der Waals surface area contributed by atoms with Crippen molar-refractivity contribution in [3.63, 3.8) is 0 Å². The van der Waals surface area contributed by atoms with Gasteiger partial charge >= 0.3 is 6.18 Å². The molecular weight excluding hydrogens is 316 g/mol. The number of alkyl halides is 3. The van der Waals surface area contributed by atoms with Gasteiger partial charge in [0.1, 0.15) is 17.7 Å². The van der Waals surface area contributed by atoms with E-state index in [0.29, 0.717) is 0 Å². The van der Waals surface area contributed by atoms with Gasteiger partial charge in [-0.25, -0.2) is 4.39 Å². The fourth-order valence-corrected chi connectivity index (χ4v) is 2.28. The summed E-state index contributed by atoms with van der Waals surface area (Å²) in [6, 6.07) is 6.25. The molecule has 124 valence electrons. The molecule has 1 atom stereocenters. The molecule has 0 bridgehead atoms. The number of aromatic hydroxyl groups is 1. The van der Waals surface area contributed by atoms with E-state index < -0.39 is 36.0 Å². The highest BCUT2D eigenvalue weighted by Gasteiger charge is 2.31. The quantitative estimate of drug-likeness (QED) is 0.839. The second kappa shape index (κ2) is 6.55. The summed E-state index contributed by atoms with van der Waals surface area (Å²) < 4.78 is 57.0. The molecule has 2 aromatic carbocycles. The number of rotatable bonds is 4. The number of aliphatic hydroxyl groups excluding tert-OH is 1. The van der Waals surface area contributed by atoms with Crippen molar-refractivity contribution in [2.75, 3.05) is 7.11 Å². The van der Waals surface area contributed by atoms with Gasteiger partial charge in [-0.15, -0.1) is 0 Å². The molecule has 0 aliphatic carbocycles. The molecule has 0 saturated heterocycles. The summed E-state index contributed by atoms with van der Waals surface area (Å²) in [6.45, 7) is -0.456. The normalized spacial score (nSPS) is 13.1. The largest absolute Gasteiger partial charge is 0.507 e.